The van der Waals surface area contributed by atoms with E-state index in [1.165, 1.54) is 12.8 Å². The molecule has 2 fully saturated rings. The zero-order chi connectivity index (χ0) is 16.0. The molecule has 0 amide bonds. The van der Waals surface area contributed by atoms with Gasteiger partial charge in [-0.05, 0) is 32.6 Å². The lowest BCUT2D eigenvalue weighted by Crippen LogP contribution is -2.35. The van der Waals surface area contributed by atoms with E-state index in [-0.39, 0.29) is 0 Å². The van der Waals surface area contributed by atoms with Gasteiger partial charge in [0.15, 0.2) is 5.76 Å². The van der Waals surface area contributed by atoms with Crippen molar-refractivity contribution in [1.29, 1.82) is 0 Å². The predicted molar refractivity (Wildman–Crippen MR) is 87.3 cm³/mol. The van der Waals surface area contributed by atoms with Crippen LogP contribution in [0.5, 0.6) is 0 Å². The summed E-state index contributed by atoms with van der Waals surface area (Å²) in [6.45, 7) is 2.59. The van der Waals surface area contributed by atoms with Crippen LogP contribution in [0, 0.1) is 6.92 Å². The van der Waals surface area contributed by atoms with E-state index in [9.17, 15) is 0 Å². The minimum Gasteiger partial charge on any atom is -0.359 e. The minimum absolute atomic E-state index is 0.331. The molecule has 2 N–H and O–H groups in total. The summed E-state index contributed by atoms with van der Waals surface area (Å²) in [5.74, 6) is 3.85. The van der Waals surface area contributed by atoms with Gasteiger partial charge in [-0.1, -0.05) is 5.16 Å². The molecule has 0 aromatic carbocycles. The van der Waals surface area contributed by atoms with Crippen LogP contribution in [0.3, 0.4) is 0 Å². The number of rotatable bonds is 5. The number of aryl methyl sites for hydroxylation is 1. The summed E-state index contributed by atoms with van der Waals surface area (Å²) in [6, 6.07) is 4.41. The molecule has 2 aromatic rings. The molecule has 0 aliphatic heterocycles. The molecule has 2 aromatic heterocycles. The van der Waals surface area contributed by atoms with Crippen LogP contribution in [0.2, 0.25) is 0 Å². The molecule has 0 spiro atoms. The van der Waals surface area contributed by atoms with Gasteiger partial charge < -0.3 is 15.2 Å². The van der Waals surface area contributed by atoms with Crippen LogP contribution in [0.4, 0.5) is 5.82 Å². The molecule has 2 aliphatic rings. The zero-order valence-corrected chi connectivity index (χ0v) is 13.7. The third kappa shape index (κ3) is 3.08. The Kier molecular flexibility index (Phi) is 3.56. The Balaban J connectivity index is 1.58. The smallest absolute Gasteiger partial charge is 0.156 e. The predicted octanol–water partition coefficient (Wildman–Crippen LogP) is 2.49. The largest absolute Gasteiger partial charge is 0.359 e. The molecule has 122 valence electrons. The van der Waals surface area contributed by atoms with Crippen LogP contribution >= 0.6 is 0 Å². The first-order chi connectivity index (χ1) is 11.1. The van der Waals surface area contributed by atoms with Gasteiger partial charge in [0.25, 0.3) is 0 Å². The summed E-state index contributed by atoms with van der Waals surface area (Å²) in [5, 5.41) is 3.95. The van der Waals surface area contributed by atoms with Crippen molar-refractivity contribution in [2.75, 3.05) is 11.9 Å². The van der Waals surface area contributed by atoms with E-state index in [4.69, 9.17) is 20.2 Å². The van der Waals surface area contributed by atoms with Gasteiger partial charge in [-0.25, -0.2) is 9.97 Å². The molecule has 23 heavy (non-hydrogen) atoms. The van der Waals surface area contributed by atoms with E-state index in [0.29, 0.717) is 24.4 Å². The monoisotopic (exact) mass is 313 g/mol. The van der Waals surface area contributed by atoms with E-state index < -0.39 is 0 Å². The molecule has 0 saturated heterocycles. The molecule has 6 heteroatoms. The van der Waals surface area contributed by atoms with E-state index >= 15 is 0 Å². The van der Waals surface area contributed by atoms with Gasteiger partial charge in [0.1, 0.15) is 11.6 Å². The van der Waals surface area contributed by atoms with Crippen LogP contribution < -0.4 is 10.6 Å². The highest BCUT2D eigenvalue weighted by atomic mass is 16.5. The fourth-order valence-corrected chi connectivity index (χ4v) is 3.11. The van der Waals surface area contributed by atoms with Gasteiger partial charge >= 0.3 is 0 Å². The Morgan fingerprint density at radius 2 is 2.00 bits per heavy atom. The second-order valence-electron chi connectivity index (χ2n) is 7.00. The number of hydrogen-bond acceptors (Lipinski definition) is 6. The van der Waals surface area contributed by atoms with Crippen molar-refractivity contribution in [2.24, 2.45) is 5.73 Å². The second-order valence-corrected chi connectivity index (χ2v) is 7.00. The van der Waals surface area contributed by atoms with Crippen molar-refractivity contribution in [3.63, 3.8) is 0 Å². The fourth-order valence-electron chi connectivity index (χ4n) is 3.11. The summed E-state index contributed by atoms with van der Waals surface area (Å²) >= 11 is 0. The van der Waals surface area contributed by atoms with Crippen molar-refractivity contribution >= 4 is 5.82 Å². The number of anilines is 1. The maximum atomic E-state index is 5.95. The molecule has 0 atom stereocenters. The van der Waals surface area contributed by atoms with E-state index in [0.717, 1.165) is 41.6 Å². The van der Waals surface area contributed by atoms with E-state index in [1.54, 1.807) is 0 Å². The van der Waals surface area contributed by atoms with Crippen LogP contribution in [0.1, 0.15) is 60.5 Å². The second kappa shape index (κ2) is 5.60. The van der Waals surface area contributed by atoms with Crippen LogP contribution in [0.25, 0.3) is 0 Å². The SMILES string of the molecule is Cc1cc(CN(C)c2cc(C3CC(N)C3)nc(C3CC3)n2)on1. The van der Waals surface area contributed by atoms with Crippen molar-refractivity contribution < 1.29 is 4.52 Å². The standard InChI is InChI=1S/C17H23N5O/c1-10-5-14(23-21-10)9-22(2)16-8-15(12-6-13(18)7-12)19-17(20-16)11-3-4-11/h5,8,11-13H,3-4,6-7,9,18H2,1-2H3. The first-order valence-corrected chi connectivity index (χ1v) is 8.36. The summed E-state index contributed by atoms with van der Waals surface area (Å²) in [4.78, 5) is 11.7. The van der Waals surface area contributed by atoms with Crippen LogP contribution in [-0.4, -0.2) is 28.2 Å². The molecule has 2 aliphatic carbocycles. The lowest BCUT2D eigenvalue weighted by atomic mass is 9.78. The lowest BCUT2D eigenvalue weighted by Gasteiger charge is -2.32. The molecule has 0 unspecified atom stereocenters. The molecule has 2 heterocycles. The Morgan fingerprint density at radius 3 is 2.61 bits per heavy atom. The molecular formula is C17H23N5O. The van der Waals surface area contributed by atoms with Crippen molar-refractivity contribution in [3.8, 4) is 0 Å². The van der Waals surface area contributed by atoms with Crippen molar-refractivity contribution in [3.05, 3.63) is 35.1 Å². The minimum atomic E-state index is 0.331. The Labute approximate surface area is 136 Å². The van der Waals surface area contributed by atoms with Crippen molar-refractivity contribution in [2.45, 2.75) is 57.0 Å². The lowest BCUT2D eigenvalue weighted by molar-refractivity contribution is 0.344. The Morgan fingerprint density at radius 1 is 1.22 bits per heavy atom. The maximum absolute atomic E-state index is 5.95. The summed E-state index contributed by atoms with van der Waals surface area (Å²) in [7, 11) is 2.03. The normalized spacial score (nSPS) is 23.6. The van der Waals surface area contributed by atoms with Crippen LogP contribution in [0.15, 0.2) is 16.7 Å². The van der Waals surface area contributed by atoms with Crippen LogP contribution in [-0.2, 0) is 6.54 Å². The number of aromatic nitrogens is 3. The Hall–Kier alpha value is -1.95. The maximum Gasteiger partial charge on any atom is 0.156 e. The summed E-state index contributed by atoms with van der Waals surface area (Å²) in [5.41, 5.74) is 8.00. The highest BCUT2D eigenvalue weighted by Gasteiger charge is 2.32. The van der Waals surface area contributed by atoms with Gasteiger partial charge in [-0.15, -0.1) is 0 Å². The zero-order valence-electron chi connectivity index (χ0n) is 13.7. The third-order valence-corrected chi connectivity index (χ3v) is 4.75. The molecule has 0 radical (unpaired) electrons. The number of nitrogens with zero attached hydrogens (tertiary/aromatic N) is 4. The third-order valence-electron chi connectivity index (χ3n) is 4.75. The van der Waals surface area contributed by atoms with Gasteiger partial charge in [0.05, 0.1) is 12.2 Å². The fraction of sp³-hybridized carbons (Fsp3) is 0.588. The Bertz CT molecular complexity index is 703. The highest BCUT2D eigenvalue weighted by molar-refractivity contribution is 5.41. The quantitative estimate of drug-likeness (QED) is 0.913. The summed E-state index contributed by atoms with van der Waals surface area (Å²) in [6.07, 6.45) is 4.48. The topological polar surface area (TPSA) is 81.1 Å². The average Bonchev–Trinajstić information content (AvgIpc) is 3.27. The summed E-state index contributed by atoms with van der Waals surface area (Å²) < 4.78 is 5.32. The molecule has 4 rings (SSSR count). The van der Waals surface area contributed by atoms with Gasteiger partial charge in [0.2, 0.25) is 0 Å². The van der Waals surface area contributed by atoms with Gasteiger partial charge in [-0.2, -0.15) is 0 Å². The molecular weight excluding hydrogens is 290 g/mol. The first-order valence-electron chi connectivity index (χ1n) is 8.36. The van der Waals surface area contributed by atoms with Gasteiger partial charge in [0, 0.05) is 42.8 Å². The molecule has 6 nitrogen and oxygen atoms in total. The number of nitrogens with two attached hydrogens (primary N) is 1. The van der Waals surface area contributed by atoms with Crippen molar-refractivity contribution in [1.82, 2.24) is 15.1 Å². The number of hydrogen-bond donors (Lipinski definition) is 1. The molecule has 0 bridgehead atoms. The highest BCUT2D eigenvalue weighted by Crippen LogP contribution is 2.41. The molecule has 2 saturated carbocycles. The van der Waals surface area contributed by atoms with E-state index in [2.05, 4.69) is 16.1 Å². The average molecular weight is 313 g/mol. The van der Waals surface area contributed by atoms with Gasteiger partial charge in [-0.3, -0.25) is 0 Å². The first kappa shape index (κ1) is 14.6. The van der Waals surface area contributed by atoms with E-state index in [1.807, 2.05) is 20.0 Å².